The summed E-state index contributed by atoms with van der Waals surface area (Å²) in [7, 11) is 0. The fourth-order valence-corrected chi connectivity index (χ4v) is 5.18. The average Bonchev–Trinajstić information content (AvgIpc) is 3.33. The first-order chi connectivity index (χ1) is 13.1. The van der Waals surface area contributed by atoms with E-state index in [1.54, 1.807) is 34.8 Å². The summed E-state index contributed by atoms with van der Waals surface area (Å²) < 4.78 is 0. The number of rotatable bonds is 5. The quantitative estimate of drug-likeness (QED) is 0.513. The molecule has 0 unspecified atom stereocenters. The Balaban J connectivity index is 1.52. The molecule has 0 fully saturated rings. The summed E-state index contributed by atoms with van der Waals surface area (Å²) in [5.74, 6) is -0.171. The lowest BCUT2D eigenvalue weighted by atomic mass is 9.98. The second-order valence-corrected chi connectivity index (χ2v) is 8.27. The number of nitrogens with one attached hydrogen (secondary N) is 1. The fraction of sp³-hybridized carbons (Fsp3) is 0.211. The van der Waals surface area contributed by atoms with Crippen LogP contribution >= 0.6 is 22.7 Å². The Hall–Kier alpha value is -2.55. The third kappa shape index (κ3) is 3.78. The molecule has 0 bridgehead atoms. The summed E-state index contributed by atoms with van der Waals surface area (Å²) in [6.45, 7) is 1.04. The highest BCUT2D eigenvalue weighted by Crippen LogP contribution is 2.39. The van der Waals surface area contributed by atoms with Crippen LogP contribution in [0, 0.1) is 10.1 Å². The molecule has 3 heterocycles. The smallest absolute Gasteiger partial charge is 0.271 e. The second kappa shape index (κ2) is 7.59. The number of nitrogens with zero attached hydrogens (tertiary/aromatic N) is 2. The molecule has 3 aromatic rings. The van der Waals surface area contributed by atoms with Gasteiger partial charge in [-0.25, -0.2) is 0 Å². The topological polar surface area (TPSA) is 75.5 Å². The van der Waals surface area contributed by atoms with Crippen LogP contribution in [0.1, 0.15) is 21.4 Å². The minimum Gasteiger partial charge on any atom is -0.325 e. The lowest BCUT2D eigenvalue weighted by molar-refractivity contribution is -0.384. The van der Waals surface area contributed by atoms with E-state index in [0.717, 1.165) is 13.0 Å². The van der Waals surface area contributed by atoms with Crippen LogP contribution in [0.2, 0.25) is 0 Å². The van der Waals surface area contributed by atoms with Gasteiger partial charge in [-0.05, 0) is 40.9 Å². The highest BCUT2D eigenvalue weighted by Gasteiger charge is 2.31. The van der Waals surface area contributed by atoms with Gasteiger partial charge in [-0.1, -0.05) is 12.1 Å². The SMILES string of the molecule is O=C(CN1CCc2sccc2[C@@H]1c1cccs1)Nc1cccc([N+](=O)[O-])c1. The van der Waals surface area contributed by atoms with E-state index in [1.165, 1.54) is 27.5 Å². The van der Waals surface area contributed by atoms with Gasteiger partial charge >= 0.3 is 0 Å². The highest BCUT2D eigenvalue weighted by molar-refractivity contribution is 7.10. The van der Waals surface area contributed by atoms with Gasteiger partial charge in [0.15, 0.2) is 0 Å². The number of amides is 1. The van der Waals surface area contributed by atoms with E-state index >= 15 is 0 Å². The minimum absolute atomic E-state index is 0.0369. The number of hydrogen-bond acceptors (Lipinski definition) is 6. The first-order valence-electron chi connectivity index (χ1n) is 8.50. The van der Waals surface area contributed by atoms with Crippen molar-refractivity contribution in [2.45, 2.75) is 12.5 Å². The van der Waals surface area contributed by atoms with Crippen LogP contribution in [-0.4, -0.2) is 28.8 Å². The molecule has 1 aliphatic rings. The Morgan fingerprint density at radius 3 is 2.89 bits per heavy atom. The molecule has 8 heteroatoms. The third-order valence-electron chi connectivity index (χ3n) is 4.57. The molecule has 0 spiro atoms. The maximum Gasteiger partial charge on any atom is 0.271 e. The van der Waals surface area contributed by atoms with E-state index in [4.69, 9.17) is 0 Å². The Bertz CT molecular complexity index is 968. The van der Waals surface area contributed by atoms with Crippen LogP contribution in [0.5, 0.6) is 0 Å². The molecular formula is C19H17N3O3S2. The summed E-state index contributed by atoms with van der Waals surface area (Å²) in [4.78, 5) is 27.8. The van der Waals surface area contributed by atoms with E-state index < -0.39 is 4.92 Å². The molecule has 2 aromatic heterocycles. The average molecular weight is 399 g/mol. The van der Waals surface area contributed by atoms with Gasteiger partial charge in [0.05, 0.1) is 17.5 Å². The van der Waals surface area contributed by atoms with E-state index in [2.05, 4.69) is 33.1 Å². The zero-order valence-corrected chi connectivity index (χ0v) is 16.0. The van der Waals surface area contributed by atoms with Gasteiger partial charge in [-0.15, -0.1) is 22.7 Å². The number of benzene rings is 1. The standard InChI is InChI=1S/C19H17N3O3S2/c23-18(20-13-3-1-4-14(11-13)22(24)25)12-21-8-6-16-15(7-10-27-16)19(21)17-5-2-9-26-17/h1-5,7,9-11,19H,6,8,12H2,(H,20,23)/t19-/m1/s1. The Morgan fingerprint density at radius 2 is 2.11 bits per heavy atom. The normalized spacial score (nSPS) is 16.7. The molecule has 1 amide bonds. The molecule has 1 N–H and O–H groups in total. The van der Waals surface area contributed by atoms with Crippen molar-refractivity contribution >= 4 is 40.0 Å². The number of fused-ring (bicyclic) bond motifs is 1. The molecule has 0 aliphatic carbocycles. The number of hydrogen-bond donors (Lipinski definition) is 1. The zero-order chi connectivity index (χ0) is 18.8. The van der Waals surface area contributed by atoms with Crippen molar-refractivity contribution in [3.05, 3.63) is 78.7 Å². The Kier molecular flexibility index (Phi) is 5.02. The van der Waals surface area contributed by atoms with Crippen molar-refractivity contribution in [2.24, 2.45) is 0 Å². The van der Waals surface area contributed by atoms with Gasteiger partial charge in [-0.2, -0.15) is 0 Å². The highest BCUT2D eigenvalue weighted by atomic mass is 32.1. The summed E-state index contributed by atoms with van der Waals surface area (Å²) in [5, 5.41) is 17.9. The number of thiophene rings is 2. The first kappa shape index (κ1) is 17.8. The number of carbonyl (C=O) groups is 1. The van der Waals surface area contributed by atoms with Gasteiger partial charge < -0.3 is 5.32 Å². The van der Waals surface area contributed by atoms with Crippen molar-refractivity contribution < 1.29 is 9.72 Å². The van der Waals surface area contributed by atoms with E-state index in [-0.39, 0.29) is 24.2 Å². The van der Waals surface area contributed by atoms with Crippen LogP contribution in [0.4, 0.5) is 11.4 Å². The van der Waals surface area contributed by atoms with Gasteiger partial charge in [0.1, 0.15) is 0 Å². The molecule has 6 nitrogen and oxygen atoms in total. The molecule has 4 rings (SSSR count). The maximum absolute atomic E-state index is 12.6. The predicted octanol–water partition coefficient (Wildman–Crippen LogP) is 4.30. The molecule has 1 atom stereocenters. The van der Waals surface area contributed by atoms with Crippen LogP contribution in [-0.2, 0) is 11.2 Å². The van der Waals surface area contributed by atoms with Crippen LogP contribution in [0.3, 0.4) is 0 Å². The van der Waals surface area contributed by atoms with Crippen molar-refractivity contribution in [1.29, 1.82) is 0 Å². The van der Waals surface area contributed by atoms with E-state index in [9.17, 15) is 14.9 Å². The van der Waals surface area contributed by atoms with Gasteiger partial charge in [0, 0.05) is 34.1 Å². The third-order valence-corrected chi connectivity index (χ3v) is 6.49. The van der Waals surface area contributed by atoms with E-state index in [1.807, 2.05) is 6.07 Å². The first-order valence-corrected chi connectivity index (χ1v) is 10.3. The van der Waals surface area contributed by atoms with Crippen molar-refractivity contribution in [3.8, 4) is 0 Å². The monoisotopic (exact) mass is 399 g/mol. The number of anilines is 1. The number of nitro groups is 1. The molecular weight excluding hydrogens is 382 g/mol. The predicted molar refractivity (Wildman–Crippen MR) is 107 cm³/mol. The molecule has 138 valence electrons. The van der Waals surface area contributed by atoms with Crippen LogP contribution in [0.15, 0.2) is 53.2 Å². The lowest BCUT2D eigenvalue weighted by Gasteiger charge is -2.34. The van der Waals surface area contributed by atoms with Crippen LogP contribution < -0.4 is 5.32 Å². The zero-order valence-electron chi connectivity index (χ0n) is 14.3. The summed E-state index contributed by atoms with van der Waals surface area (Å²) in [5.41, 5.74) is 1.68. The number of carbonyl (C=O) groups excluding carboxylic acids is 1. The summed E-state index contributed by atoms with van der Waals surface area (Å²) >= 11 is 3.46. The molecule has 0 saturated heterocycles. The number of non-ortho nitro benzene ring substituents is 1. The largest absolute Gasteiger partial charge is 0.325 e. The lowest BCUT2D eigenvalue weighted by Crippen LogP contribution is -2.40. The molecule has 0 saturated carbocycles. The summed E-state index contributed by atoms with van der Waals surface area (Å²) in [6, 6.07) is 12.4. The van der Waals surface area contributed by atoms with Crippen molar-refractivity contribution in [2.75, 3.05) is 18.4 Å². The van der Waals surface area contributed by atoms with Crippen LogP contribution in [0.25, 0.3) is 0 Å². The van der Waals surface area contributed by atoms with Crippen molar-refractivity contribution in [1.82, 2.24) is 4.90 Å². The van der Waals surface area contributed by atoms with Gasteiger partial charge in [-0.3, -0.25) is 19.8 Å². The second-order valence-electron chi connectivity index (χ2n) is 6.29. The maximum atomic E-state index is 12.6. The van der Waals surface area contributed by atoms with E-state index in [0.29, 0.717) is 5.69 Å². The summed E-state index contributed by atoms with van der Waals surface area (Å²) in [6.07, 6.45) is 0.930. The van der Waals surface area contributed by atoms with Crippen molar-refractivity contribution in [3.63, 3.8) is 0 Å². The fourth-order valence-electron chi connectivity index (χ4n) is 3.40. The molecule has 27 heavy (non-hydrogen) atoms. The Labute approximate surface area is 164 Å². The van der Waals surface area contributed by atoms with Gasteiger partial charge in [0.25, 0.3) is 5.69 Å². The molecule has 0 radical (unpaired) electrons. The number of nitro benzene ring substituents is 1. The minimum atomic E-state index is -0.467. The molecule has 1 aliphatic heterocycles. The molecule has 1 aromatic carbocycles. The Morgan fingerprint density at radius 1 is 1.22 bits per heavy atom. The van der Waals surface area contributed by atoms with Gasteiger partial charge in [0.2, 0.25) is 5.91 Å².